The molecule has 2 amide bonds. The molecule has 30 heavy (non-hydrogen) atoms. The van der Waals surface area contributed by atoms with Gasteiger partial charge in [-0.25, -0.2) is 14.0 Å². The number of rotatable bonds is 4. The molecule has 9 nitrogen and oxygen atoms in total. The van der Waals surface area contributed by atoms with Crippen LogP contribution in [0.3, 0.4) is 0 Å². The average molecular weight is 424 g/mol. The summed E-state index contributed by atoms with van der Waals surface area (Å²) in [5.41, 5.74) is 0.355. The SMILES string of the molecule is C=O.CC(C)(C)OC(=O)NC[C@H]1CN(c2ccc(N3CCNCC3)c(F)c2)C(=O)O1. The van der Waals surface area contributed by atoms with Crippen LogP contribution in [-0.4, -0.2) is 69.9 Å². The number of nitrogens with zero attached hydrogens (tertiary/aromatic N) is 2. The first-order valence-electron chi connectivity index (χ1n) is 9.72. The number of carbonyl (C=O) groups is 3. The molecule has 1 aromatic carbocycles. The Morgan fingerprint density at radius 1 is 1.33 bits per heavy atom. The summed E-state index contributed by atoms with van der Waals surface area (Å²) in [6.07, 6.45) is -1.67. The van der Waals surface area contributed by atoms with Gasteiger partial charge in [0.2, 0.25) is 0 Å². The molecule has 0 radical (unpaired) electrons. The first-order valence-corrected chi connectivity index (χ1v) is 9.72. The predicted octanol–water partition coefficient (Wildman–Crippen LogP) is 1.90. The predicted molar refractivity (Wildman–Crippen MR) is 110 cm³/mol. The third kappa shape index (κ3) is 6.31. The molecular weight excluding hydrogens is 395 g/mol. The third-order valence-electron chi connectivity index (χ3n) is 4.45. The number of carbonyl (C=O) groups excluding carboxylic acids is 3. The van der Waals surface area contributed by atoms with E-state index in [1.165, 1.54) is 11.0 Å². The molecule has 2 N–H and O–H groups in total. The normalized spacial score (nSPS) is 18.9. The Morgan fingerprint density at radius 2 is 2.00 bits per heavy atom. The lowest BCUT2D eigenvalue weighted by atomic mass is 10.2. The molecule has 0 unspecified atom stereocenters. The highest BCUT2D eigenvalue weighted by Gasteiger charge is 2.33. The lowest BCUT2D eigenvalue weighted by Gasteiger charge is -2.30. The maximum atomic E-state index is 14.6. The second-order valence-electron chi connectivity index (χ2n) is 7.87. The van der Waals surface area contributed by atoms with E-state index in [9.17, 15) is 14.0 Å². The molecule has 2 aliphatic heterocycles. The van der Waals surface area contributed by atoms with Gasteiger partial charge in [-0.15, -0.1) is 0 Å². The fourth-order valence-electron chi connectivity index (χ4n) is 3.18. The minimum atomic E-state index is -0.605. The Bertz CT molecular complexity index is 749. The molecule has 0 aliphatic carbocycles. The summed E-state index contributed by atoms with van der Waals surface area (Å²) in [5.74, 6) is -0.373. The van der Waals surface area contributed by atoms with Gasteiger partial charge in [-0.1, -0.05) is 0 Å². The Kier molecular flexibility index (Phi) is 7.99. The molecule has 2 saturated heterocycles. The van der Waals surface area contributed by atoms with Crippen LogP contribution in [-0.2, 0) is 14.3 Å². The topological polar surface area (TPSA) is 100 Å². The molecule has 1 atom stereocenters. The zero-order chi connectivity index (χ0) is 22.3. The number of ether oxygens (including phenoxy) is 2. The van der Waals surface area contributed by atoms with Gasteiger partial charge < -0.3 is 29.8 Å². The van der Waals surface area contributed by atoms with E-state index in [-0.39, 0.29) is 18.9 Å². The molecule has 0 bridgehead atoms. The van der Waals surface area contributed by atoms with Crippen LogP contribution in [0.4, 0.5) is 25.4 Å². The maximum absolute atomic E-state index is 14.6. The van der Waals surface area contributed by atoms with Crippen molar-refractivity contribution in [3.63, 3.8) is 0 Å². The van der Waals surface area contributed by atoms with Gasteiger partial charge in [0, 0.05) is 26.2 Å². The van der Waals surface area contributed by atoms with Gasteiger partial charge in [-0.05, 0) is 39.0 Å². The number of anilines is 2. The summed E-state index contributed by atoms with van der Waals surface area (Å²) < 4.78 is 25.0. The number of hydrogen-bond donors (Lipinski definition) is 2. The van der Waals surface area contributed by atoms with Crippen molar-refractivity contribution in [2.24, 2.45) is 0 Å². The van der Waals surface area contributed by atoms with E-state index < -0.39 is 23.9 Å². The van der Waals surface area contributed by atoms with Crippen molar-refractivity contribution in [2.45, 2.75) is 32.5 Å². The van der Waals surface area contributed by atoms with Crippen molar-refractivity contribution < 1.29 is 28.2 Å². The third-order valence-corrected chi connectivity index (χ3v) is 4.45. The number of piperazine rings is 1. The molecule has 0 aromatic heterocycles. The van der Waals surface area contributed by atoms with Gasteiger partial charge in [0.25, 0.3) is 0 Å². The summed E-state index contributed by atoms with van der Waals surface area (Å²) in [5, 5.41) is 5.82. The zero-order valence-corrected chi connectivity index (χ0v) is 17.6. The first-order chi connectivity index (χ1) is 14.2. The second-order valence-corrected chi connectivity index (χ2v) is 7.87. The minimum Gasteiger partial charge on any atom is -0.444 e. The smallest absolute Gasteiger partial charge is 0.414 e. The van der Waals surface area contributed by atoms with Crippen molar-refractivity contribution in [3.05, 3.63) is 24.0 Å². The van der Waals surface area contributed by atoms with Crippen molar-refractivity contribution in [1.82, 2.24) is 10.6 Å². The molecular formula is C20H29FN4O5. The van der Waals surface area contributed by atoms with Gasteiger partial charge >= 0.3 is 12.2 Å². The first kappa shape index (κ1) is 23.4. The fourth-order valence-corrected chi connectivity index (χ4v) is 3.18. The van der Waals surface area contributed by atoms with Gasteiger partial charge in [0.15, 0.2) is 0 Å². The zero-order valence-electron chi connectivity index (χ0n) is 17.6. The highest BCUT2D eigenvalue weighted by Crippen LogP contribution is 2.28. The van der Waals surface area contributed by atoms with Crippen LogP contribution in [0.5, 0.6) is 0 Å². The summed E-state index contributed by atoms with van der Waals surface area (Å²) in [4.78, 5) is 35.3. The molecule has 0 saturated carbocycles. The van der Waals surface area contributed by atoms with Crippen LogP contribution >= 0.6 is 0 Å². The Hall–Kier alpha value is -2.88. The van der Waals surface area contributed by atoms with Crippen molar-refractivity contribution in [3.8, 4) is 0 Å². The molecule has 166 valence electrons. The number of benzene rings is 1. The number of hydrogen-bond acceptors (Lipinski definition) is 7. The molecule has 2 aliphatic rings. The average Bonchev–Trinajstić information content (AvgIpc) is 3.08. The minimum absolute atomic E-state index is 0.124. The largest absolute Gasteiger partial charge is 0.444 e. The molecule has 0 spiro atoms. The summed E-state index contributed by atoms with van der Waals surface area (Å²) in [6, 6.07) is 4.75. The lowest BCUT2D eigenvalue weighted by Crippen LogP contribution is -2.43. The van der Waals surface area contributed by atoms with E-state index in [1.54, 1.807) is 32.9 Å². The maximum Gasteiger partial charge on any atom is 0.414 e. The highest BCUT2D eigenvalue weighted by molar-refractivity contribution is 5.90. The summed E-state index contributed by atoms with van der Waals surface area (Å²) in [6.45, 7) is 10.7. The summed E-state index contributed by atoms with van der Waals surface area (Å²) in [7, 11) is 0. The number of cyclic esters (lactones) is 1. The van der Waals surface area contributed by atoms with Gasteiger partial charge in [0.1, 0.15) is 24.3 Å². The Morgan fingerprint density at radius 3 is 2.60 bits per heavy atom. The molecule has 2 fully saturated rings. The lowest BCUT2D eigenvalue weighted by molar-refractivity contribution is -0.0980. The standard InChI is InChI=1S/C19H27FN4O4.CH2O/c1-19(2,3)28-17(25)22-11-14-12-24(18(26)27-14)13-4-5-16(15(20)10-13)23-8-6-21-7-9-23;1-2/h4-5,10,14,21H,6-9,11-12H2,1-3H3,(H,22,25);1H2/t14-;/m0./s1. The van der Waals surface area contributed by atoms with Crippen LogP contribution in [0.2, 0.25) is 0 Å². The van der Waals surface area contributed by atoms with E-state index in [1.807, 2.05) is 11.7 Å². The van der Waals surface area contributed by atoms with E-state index in [4.69, 9.17) is 14.3 Å². The van der Waals surface area contributed by atoms with E-state index in [0.717, 1.165) is 26.2 Å². The van der Waals surface area contributed by atoms with E-state index in [0.29, 0.717) is 11.4 Å². The van der Waals surface area contributed by atoms with Crippen molar-refractivity contribution >= 4 is 30.4 Å². The van der Waals surface area contributed by atoms with Crippen LogP contribution in [0.15, 0.2) is 18.2 Å². The monoisotopic (exact) mass is 424 g/mol. The Balaban J connectivity index is 0.00000155. The van der Waals surface area contributed by atoms with Crippen LogP contribution < -0.4 is 20.4 Å². The fraction of sp³-hybridized carbons (Fsp3) is 0.550. The van der Waals surface area contributed by atoms with E-state index in [2.05, 4.69) is 10.6 Å². The number of alkyl carbamates (subject to hydrolysis) is 1. The van der Waals surface area contributed by atoms with Gasteiger partial charge in [-0.3, -0.25) is 4.90 Å². The Labute approximate surface area is 175 Å². The molecule has 2 heterocycles. The highest BCUT2D eigenvalue weighted by atomic mass is 19.1. The van der Waals surface area contributed by atoms with Crippen molar-refractivity contribution in [1.29, 1.82) is 0 Å². The number of nitrogens with one attached hydrogen (secondary N) is 2. The number of halogens is 1. The van der Waals surface area contributed by atoms with Crippen LogP contribution in [0, 0.1) is 5.82 Å². The second kappa shape index (κ2) is 10.2. The number of amides is 2. The van der Waals surface area contributed by atoms with Crippen LogP contribution in [0.25, 0.3) is 0 Å². The van der Waals surface area contributed by atoms with E-state index >= 15 is 0 Å². The molecule has 1 aromatic rings. The molecule has 3 rings (SSSR count). The van der Waals surface area contributed by atoms with Gasteiger partial charge in [0.05, 0.1) is 24.5 Å². The van der Waals surface area contributed by atoms with Crippen LogP contribution in [0.1, 0.15) is 20.8 Å². The quantitative estimate of drug-likeness (QED) is 0.761. The van der Waals surface area contributed by atoms with Gasteiger partial charge in [-0.2, -0.15) is 0 Å². The molecule has 10 heteroatoms. The summed E-state index contributed by atoms with van der Waals surface area (Å²) >= 11 is 0. The van der Waals surface area contributed by atoms with Crippen molar-refractivity contribution in [2.75, 3.05) is 49.1 Å².